The third-order valence-electron chi connectivity index (χ3n) is 4.66. The maximum Gasteiger partial charge on any atom is 0.253 e. The maximum atomic E-state index is 12.3. The normalized spacial score (nSPS) is 14.0. The van der Waals surface area contributed by atoms with E-state index in [0.717, 1.165) is 36.9 Å². The number of anilines is 1. The number of hydrogen-bond donors (Lipinski definition) is 2. The molecule has 3 rings (SSSR count). The van der Waals surface area contributed by atoms with Crippen LogP contribution < -0.4 is 15.4 Å². The Morgan fingerprint density at radius 1 is 1.19 bits per heavy atom. The average molecular weight is 367 g/mol. The van der Waals surface area contributed by atoms with Crippen LogP contribution in [-0.2, 0) is 11.3 Å². The molecular formula is C21H25N3O3. The van der Waals surface area contributed by atoms with Gasteiger partial charge in [-0.05, 0) is 43.5 Å². The van der Waals surface area contributed by atoms with Crippen molar-refractivity contribution in [1.29, 1.82) is 0 Å². The molecule has 1 aromatic carbocycles. The number of hydrogen-bond acceptors (Lipinski definition) is 4. The van der Waals surface area contributed by atoms with Gasteiger partial charge < -0.3 is 15.4 Å². The van der Waals surface area contributed by atoms with Crippen LogP contribution in [0.3, 0.4) is 0 Å². The summed E-state index contributed by atoms with van der Waals surface area (Å²) in [6.07, 6.45) is 5.70. The zero-order chi connectivity index (χ0) is 19.1. The van der Waals surface area contributed by atoms with Crippen LogP contribution in [0.5, 0.6) is 5.88 Å². The predicted molar refractivity (Wildman–Crippen MR) is 104 cm³/mol. The van der Waals surface area contributed by atoms with E-state index in [-0.39, 0.29) is 17.7 Å². The van der Waals surface area contributed by atoms with E-state index < -0.39 is 0 Å². The first-order valence-electron chi connectivity index (χ1n) is 9.42. The van der Waals surface area contributed by atoms with E-state index >= 15 is 0 Å². The number of carbonyl (C=O) groups is 2. The largest absolute Gasteiger partial charge is 0.478 e. The number of ether oxygens (including phenoxy) is 1. The number of rotatable bonds is 7. The van der Waals surface area contributed by atoms with E-state index in [0.29, 0.717) is 24.6 Å². The summed E-state index contributed by atoms with van der Waals surface area (Å²) >= 11 is 0. The molecule has 1 heterocycles. The highest BCUT2D eigenvalue weighted by Crippen LogP contribution is 2.26. The molecule has 0 radical (unpaired) electrons. The van der Waals surface area contributed by atoms with Crippen LogP contribution in [0.4, 0.5) is 5.69 Å². The lowest BCUT2D eigenvalue weighted by Crippen LogP contribution is -2.23. The Balaban J connectivity index is 1.54. The molecule has 0 saturated heterocycles. The van der Waals surface area contributed by atoms with Gasteiger partial charge in [0.25, 0.3) is 5.91 Å². The van der Waals surface area contributed by atoms with Crippen molar-refractivity contribution in [3.8, 4) is 5.88 Å². The lowest BCUT2D eigenvalue weighted by molar-refractivity contribution is -0.119. The Labute approximate surface area is 159 Å². The molecule has 142 valence electrons. The molecule has 1 aliphatic carbocycles. The molecule has 0 bridgehead atoms. The minimum absolute atomic E-state index is 0.0918. The van der Waals surface area contributed by atoms with Gasteiger partial charge in [-0.15, -0.1) is 0 Å². The van der Waals surface area contributed by atoms with Gasteiger partial charge >= 0.3 is 0 Å². The fraction of sp³-hybridized carbons (Fsp3) is 0.381. The van der Waals surface area contributed by atoms with E-state index in [4.69, 9.17) is 4.74 Å². The van der Waals surface area contributed by atoms with Crippen LogP contribution in [0.15, 0.2) is 42.6 Å². The molecule has 0 aliphatic heterocycles. The van der Waals surface area contributed by atoms with Crippen molar-refractivity contribution in [3.63, 3.8) is 0 Å². The van der Waals surface area contributed by atoms with Gasteiger partial charge in [0, 0.05) is 30.4 Å². The third-order valence-corrected chi connectivity index (χ3v) is 4.66. The molecule has 1 fully saturated rings. The van der Waals surface area contributed by atoms with Crippen molar-refractivity contribution in [2.75, 3.05) is 11.9 Å². The SMILES string of the molecule is CCOc1ccc(C(=O)NCc2cccc(NC(=O)C3CCCC3)c2)cn1. The number of aromatic nitrogens is 1. The lowest BCUT2D eigenvalue weighted by Gasteiger charge is -2.12. The highest BCUT2D eigenvalue weighted by atomic mass is 16.5. The molecule has 1 aromatic heterocycles. The second kappa shape index (κ2) is 9.16. The molecule has 6 nitrogen and oxygen atoms in total. The van der Waals surface area contributed by atoms with Gasteiger partial charge in [-0.1, -0.05) is 25.0 Å². The predicted octanol–water partition coefficient (Wildman–Crippen LogP) is 3.54. The van der Waals surface area contributed by atoms with Crippen molar-refractivity contribution >= 4 is 17.5 Å². The van der Waals surface area contributed by atoms with Crippen molar-refractivity contribution in [3.05, 3.63) is 53.7 Å². The minimum Gasteiger partial charge on any atom is -0.478 e. The van der Waals surface area contributed by atoms with Crippen LogP contribution in [0.2, 0.25) is 0 Å². The monoisotopic (exact) mass is 367 g/mol. The highest BCUT2D eigenvalue weighted by molar-refractivity contribution is 5.94. The standard InChI is InChI=1S/C21H25N3O3/c1-2-27-19-11-10-17(14-22-19)20(25)23-13-15-6-5-9-18(12-15)24-21(26)16-7-3-4-8-16/h5-6,9-12,14,16H,2-4,7-8,13H2,1H3,(H,23,25)(H,24,26). The van der Waals surface area contributed by atoms with Crippen LogP contribution >= 0.6 is 0 Å². The topological polar surface area (TPSA) is 80.3 Å². The molecule has 2 aromatic rings. The first-order chi connectivity index (χ1) is 13.2. The summed E-state index contributed by atoms with van der Waals surface area (Å²) in [6, 6.07) is 10.9. The van der Waals surface area contributed by atoms with Gasteiger partial charge in [-0.2, -0.15) is 0 Å². The van der Waals surface area contributed by atoms with Gasteiger partial charge in [0.05, 0.1) is 12.2 Å². The molecule has 1 saturated carbocycles. The van der Waals surface area contributed by atoms with E-state index in [9.17, 15) is 9.59 Å². The van der Waals surface area contributed by atoms with Crippen molar-refractivity contribution < 1.29 is 14.3 Å². The van der Waals surface area contributed by atoms with E-state index in [1.54, 1.807) is 12.1 Å². The van der Waals surface area contributed by atoms with Crippen LogP contribution in [0.1, 0.15) is 48.5 Å². The molecule has 27 heavy (non-hydrogen) atoms. The Morgan fingerprint density at radius 3 is 2.70 bits per heavy atom. The lowest BCUT2D eigenvalue weighted by atomic mass is 10.1. The van der Waals surface area contributed by atoms with Gasteiger partial charge in [0.1, 0.15) is 0 Å². The summed E-state index contributed by atoms with van der Waals surface area (Å²) in [4.78, 5) is 28.6. The van der Waals surface area contributed by atoms with E-state index in [1.165, 1.54) is 6.20 Å². The Morgan fingerprint density at radius 2 is 2.00 bits per heavy atom. The molecular weight excluding hydrogens is 342 g/mol. The fourth-order valence-electron chi connectivity index (χ4n) is 3.22. The smallest absolute Gasteiger partial charge is 0.253 e. The van der Waals surface area contributed by atoms with Crippen LogP contribution in [-0.4, -0.2) is 23.4 Å². The summed E-state index contributed by atoms with van der Waals surface area (Å²) in [5, 5.41) is 5.86. The number of pyridine rings is 1. The average Bonchev–Trinajstić information content (AvgIpc) is 3.22. The van der Waals surface area contributed by atoms with Crippen molar-refractivity contribution in [2.45, 2.75) is 39.2 Å². The van der Waals surface area contributed by atoms with E-state index in [1.807, 2.05) is 31.2 Å². The van der Waals surface area contributed by atoms with Gasteiger partial charge in [-0.25, -0.2) is 4.98 Å². The molecule has 0 unspecified atom stereocenters. The second-order valence-electron chi connectivity index (χ2n) is 6.67. The summed E-state index contributed by atoms with van der Waals surface area (Å²) < 4.78 is 5.27. The molecule has 2 N–H and O–H groups in total. The van der Waals surface area contributed by atoms with Gasteiger partial charge in [-0.3, -0.25) is 9.59 Å². The highest BCUT2D eigenvalue weighted by Gasteiger charge is 2.22. The first kappa shape index (κ1) is 18.9. The number of carbonyl (C=O) groups excluding carboxylic acids is 2. The molecule has 1 aliphatic rings. The summed E-state index contributed by atoms with van der Waals surface area (Å²) in [5.41, 5.74) is 2.16. The number of nitrogens with one attached hydrogen (secondary N) is 2. The molecule has 0 spiro atoms. The van der Waals surface area contributed by atoms with Crippen molar-refractivity contribution in [1.82, 2.24) is 10.3 Å². The summed E-state index contributed by atoms with van der Waals surface area (Å²) in [5.74, 6) is 0.514. The number of amides is 2. The van der Waals surface area contributed by atoms with E-state index in [2.05, 4.69) is 15.6 Å². The Hall–Kier alpha value is -2.89. The zero-order valence-corrected chi connectivity index (χ0v) is 15.5. The summed E-state index contributed by atoms with van der Waals surface area (Å²) in [7, 11) is 0. The Kier molecular flexibility index (Phi) is 6.41. The van der Waals surface area contributed by atoms with Gasteiger partial charge in [0.2, 0.25) is 11.8 Å². The molecule has 0 atom stereocenters. The quantitative estimate of drug-likeness (QED) is 0.784. The maximum absolute atomic E-state index is 12.3. The Bertz CT molecular complexity index is 784. The first-order valence-corrected chi connectivity index (χ1v) is 9.42. The molecule has 6 heteroatoms. The van der Waals surface area contributed by atoms with Gasteiger partial charge in [0.15, 0.2) is 0 Å². The number of benzene rings is 1. The molecule has 2 amide bonds. The summed E-state index contributed by atoms with van der Waals surface area (Å²) in [6.45, 7) is 2.79. The number of nitrogens with zero attached hydrogens (tertiary/aromatic N) is 1. The van der Waals surface area contributed by atoms with Crippen LogP contribution in [0.25, 0.3) is 0 Å². The zero-order valence-electron chi connectivity index (χ0n) is 15.5. The second-order valence-corrected chi connectivity index (χ2v) is 6.67. The fourth-order valence-corrected chi connectivity index (χ4v) is 3.22. The van der Waals surface area contributed by atoms with Crippen molar-refractivity contribution in [2.24, 2.45) is 5.92 Å². The van der Waals surface area contributed by atoms with Crippen LogP contribution in [0, 0.1) is 5.92 Å². The minimum atomic E-state index is -0.203. The third kappa shape index (κ3) is 5.29.